The van der Waals surface area contributed by atoms with E-state index in [-0.39, 0.29) is 11.5 Å². The van der Waals surface area contributed by atoms with Crippen molar-refractivity contribution in [3.05, 3.63) is 0 Å². The van der Waals surface area contributed by atoms with Crippen LogP contribution in [0.3, 0.4) is 0 Å². The van der Waals surface area contributed by atoms with Gasteiger partial charge in [-0.2, -0.15) is 4.08 Å². The molecule has 7 nitrogen and oxygen atoms in total. The summed E-state index contributed by atoms with van der Waals surface area (Å²) >= 11 is 8.30. The number of hydrogen-bond donors (Lipinski definition) is 0. The molecule has 0 aromatic heterocycles. The van der Waals surface area contributed by atoms with Gasteiger partial charge in [-0.1, -0.05) is 19.0 Å². The predicted molar refractivity (Wildman–Crippen MR) is 115 cm³/mol. The number of carbonyl (C=O) groups excluding carboxylic acids is 1. The van der Waals surface area contributed by atoms with Gasteiger partial charge in [0.05, 0.1) is 25.3 Å². The zero-order valence-electron chi connectivity index (χ0n) is 16.6. The first kappa shape index (κ1) is 24.2. The Hall–Kier alpha value is 0.170. The Labute approximate surface area is 171 Å². The standard InChI is InChI=1S/C15H30N3O4PS3/c1-8-15(9-2)10-20-23(24,21-11-15)18(12(3)4)26-17(6)14(19)22-16-13(5)25-7/h12H,8-11H2,1-7H3. The molecule has 0 unspecified atom stereocenters. The third kappa shape index (κ3) is 6.36. The van der Waals surface area contributed by atoms with E-state index in [1.54, 1.807) is 14.0 Å². The van der Waals surface area contributed by atoms with Gasteiger partial charge >= 0.3 is 6.09 Å². The lowest BCUT2D eigenvalue weighted by Gasteiger charge is -2.44. The van der Waals surface area contributed by atoms with Crippen LogP contribution in [0.5, 0.6) is 0 Å². The number of amides is 1. The fraction of sp³-hybridized carbons (Fsp3) is 0.867. The summed E-state index contributed by atoms with van der Waals surface area (Å²) < 4.78 is 15.4. The van der Waals surface area contributed by atoms with Gasteiger partial charge in [-0.15, -0.1) is 11.8 Å². The van der Waals surface area contributed by atoms with E-state index in [1.807, 2.05) is 24.2 Å². The van der Waals surface area contributed by atoms with Gasteiger partial charge in [-0.3, -0.25) is 4.84 Å². The first-order valence-electron chi connectivity index (χ1n) is 8.53. The van der Waals surface area contributed by atoms with Crippen molar-refractivity contribution in [2.24, 2.45) is 10.6 Å². The van der Waals surface area contributed by atoms with Crippen molar-refractivity contribution in [3.63, 3.8) is 0 Å². The SMILES string of the molecule is CCC1(CC)COP(=S)(N(SN(C)C(=O)ON=C(C)SC)C(C)C)OC1. The summed E-state index contributed by atoms with van der Waals surface area (Å²) in [5, 5.41) is 4.43. The molecule has 0 bridgehead atoms. The summed E-state index contributed by atoms with van der Waals surface area (Å²) in [6, 6.07) is 0.0215. The minimum atomic E-state index is -2.68. The largest absolute Gasteiger partial charge is 0.446 e. The number of rotatable bonds is 7. The monoisotopic (exact) mass is 443 g/mol. The summed E-state index contributed by atoms with van der Waals surface area (Å²) in [6.45, 7) is 8.50. The topological polar surface area (TPSA) is 63.6 Å². The van der Waals surface area contributed by atoms with Crippen molar-refractivity contribution in [2.75, 3.05) is 26.5 Å². The van der Waals surface area contributed by atoms with Gasteiger partial charge in [-0.25, -0.2) is 9.10 Å². The smallest absolute Gasteiger partial charge is 0.317 e. The minimum absolute atomic E-state index is 0.0184. The molecular weight excluding hydrogens is 413 g/mol. The maximum atomic E-state index is 12.1. The van der Waals surface area contributed by atoms with Crippen LogP contribution in [0.1, 0.15) is 47.5 Å². The van der Waals surface area contributed by atoms with Crippen LogP contribution in [-0.2, 0) is 25.7 Å². The van der Waals surface area contributed by atoms with Crippen molar-refractivity contribution in [3.8, 4) is 0 Å². The molecule has 0 atom stereocenters. The van der Waals surface area contributed by atoms with Gasteiger partial charge in [0.15, 0.2) is 0 Å². The average molecular weight is 444 g/mol. The van der Waals surface area contributed by atoms with Gasteiger partial charge < -0.3 is 9.05 Å². The summed E-state index contributed by atoms with van der Waals surface area (Å²) in [5.41, 5.74) is 0.0184. The van der Waals surface area contributed by atoms with Gasteiger partial charge in [0, 0.05) is 18.5 Å². The molecule has 0 N–H and O–H groups in total. The van der Waals surface area contributed by atoms with Crippen LogP contribution in [0.15, 0.2) is 5.16 Å². The number of carbonyl (C=O) groups is 1. The molecule has 1 amide bonds. The van der Waals surface area contributed by atoms with Crippen LogP contribution in [0.2, 0.25) is 0 Å². The van der Waals surface area contributed by atoms with Crippen LogP contribution >= 0.6 is 30.5 Å². The number of thioether (sulfide) groups is 1. The molecule has 0 saturated carbocycles. The van der Waals surface area contributed by atoms with E-state index >= 15 is 0 Å². The Bertz CT molecular complexity index is 544. The summed E-state index contributed by atoms with van der Waals surface area (Å²) in [4.78, 5) is 17.1. The third-order valence-electron chi connectivity index (χ3n) is 4.26. The van der Waals surface area contributed by atoms with Gasteiger partial charge in [0.1, 0.15) is 5.04 Å². The van der Waals surface area contributed by atoms with Gasteiger partial charge in [-0.05, 0) is 51.7 Å². The molecule has 1 aliphatic heterocycles. The minimum Gasteiger partial charge on any atom is -0.317 e. The molecule has 0 aromatic rings. The molecule has 26 heavy (non-hydrogen) atoms. The summed E-state index contributed by atoms with van der Waals surface area (Å²) in [7, 11) is 1.61. The maximum Gasteiger partial charge on any atom is 0.446 e. The zero-order chi connectivity index (χ0) is 20.0. The van der Waals surface area contributed by atoms with Crippen LogP contribution in [0.25, 0.3) is 0 Å². The predicted octanol–water partition coefficient (Wildman–Crippen LogP) is 5.10. The Morgan fingerprint density at radius 2 is 1.88 bits per heavy atom. The van der Waals surface area contributed by atoms with Gasteiger partial charge in [0.25, 0.3) is 6.64 Å². The van der Waals surface area contributed by atoms with E-state index in [9.17, 15) is 4.79 Å². The normalized spacial score (nSPS) is 19.7. The number of hydrogen-bond acceptors (Lipinski definition) is 8. The lowest BCUT2D eigenvalue weighted by molar-refractivity contribution is 0.0177. The molecule has 152 valence electrons. The fourth-order valence-corrected chi connectivity index (χ4v) is 6.58. The highest BCUT2D eigenvalue weighted by Crippen LogP contribution is 2.61. The summed E-state index contributed by atoms with van der Waals surface area (Å²) in [5.74, 6) is 0. The van der Waals surface area contributed by atoms with Crippen molar-refractivity contribution < 1.29 is 18.7 Å². The molecule has 1 heterocycles. The second kappa shape index (κ2) is 10.6. The van der Waals surface area contributed by atoms with Crippen LogP contribution < -0.4 is 0 Å². The van der Waals surface area contributed by atoms with Crippen molar-refractivity contribution in [2.45, 2.75) is 53.5 Å². The average Bonchev–Trinajstić information content (AvgIpc) is 2.64. The molecule has 1 fully saturated rings. The molecule has 0 aromatic carbocycles. The number of oxime groups is 1. The van der Waals surface area contributed by atoms with Crippen LogP contribution in [0.4, 0.5) is 4.79 Å². The molecule has 0 aliphatic carbocycles. The molecule has 1 aliphatic rings. The zero-order valence-corrected chi connectivity index (χ0v) is 19.9. The Morgan fingerprint density at radius 3 is 2.31 bits per heavy atom. The number of nitrogens with zero attached hydrogens (tertiary/aromatic N) is 3. The lowest BCUT2D eigenvalue weighted by Crippen LogP contribution is -2.39. The van der Waals surface area contributed by atoms with E-state index < -0.39 is 12.7 Å². The quantitative estimate of drug-likeness (QED) is 0.134. The second-order valence-electron chi connectivity index (χ2n) is 6.37. The van der Waals surface area contributed by atoms with Crippen molar-refractivity contribution >= 4 is 53.5 Å². The van der Waals surface area contributed by atoms with Gasteiger partial charge in [0.2, 0.25) is 0 Å². The first-order chi connectivity index (χ1) is 12.1. The fourth-order valence-electron chi connectivity index (χ4n) is 2.07. The highest BCUT2D eigenvalue weighted by molar-refractivity contribution is 8.15. The molecule has 1 rings (SSSR count). The van der Waals surface area contributed by atoms with Crippen LogP contribution in [0, 0.1) is 5.41 Å². The summed E-state index contributed by atoms with van der Waals surface area (Å²) in [6.07, 6.45) is 3.24. The highest BCUT2D eigenvalue weighted by Gasteiger charge is 2.43. The Balaban J connectivity index is 2.80. The van der Waals surface area contributed by atoms with E-state index in [1.165, 1.54) is 16.1 Å². The molecule has 0 spiro atoms. The molecule has 1 saturated heterocycles. The maximum absolute atomic E-state index is 12.1. The van der Waals surface area contributed by atoms with E-state index in [0.29, 0.717) is 18.3 Å². The van der Waals surface area contributed by atoms with E-state index in [4.69, 9.17) is 25.7 Å². The second-order valence-corrected chi connectivity index (χ2v) is 12.0. The Morgan fingerprint density at radius 1 is 1.35 bits per heavy atom. The highest BCUT2D eigenvalue weighted by atomic mass is 32.5. The molecule has 0 radical (unpaired) electrons. The van der Waals surface area contributed by atoms with Crippen LogP contribution in [-0.4, -0.2) is 52.1 Å². The third-order valence-corrected chi connectivity index (χ3v) is 10.1. The van der Waals surface area contributed by atoms with E-state index in [0.717, 1.165) is 25.0 Å². The molecular formula is C15H30N3O4PS3. The molecule has 11 heteroatoms. The van der Waals surface area contributed by atoms with Crippen molar-refractivity contribution in [1.29, 1.82) is 0 Å². The van der Waals surface area contributed by atoms with Crippen molar-refractivity contribution in [1.82, 2.24) is 8.38 Å². The first-order valence-corrected chi connectivity index (χ1v) is 13.1. The Kier molecular flexibility index (Phi) is 9.91. The lowest BCUT2D eigenvalue weighted by atomic mass is 9.84. The van der Waals surface area contributed by atoms with E-state index in [2.05, 4.69) is 19.0 Å².